The van der Waals surface area contributed by atoms with Crippen LogP contribution >= 0.6 is 0 Å². The first-order valence-corrected chi connectivity index (χ1v) is 8.30. The van der Waals surface area contributed by atoms with Gasteiger partial charge in [-0.2, -0.15) is 0 Å². The zero-order valence-electron chi connectivity index (χ0n) is 13.3. The number of carbonyl (C=O) groups is 2. The summed E-state index contributed by atoms with van der Waals surface area (Å²) in [6.07, 6.45) is 7.21. The van der Waals surface area contributed by atoms with Gasteiger partial charge in [0.1, 0.15) is 0 Å². The normalized spacial score (nSPS) is 16.8. The van der Waals surface area contributed by atoms with Crippen molar-refractivity contribution in [3.8, 4) is 0 Å². The van der Waals surface area contributed by atoms with Crippen molar-refractivity contribution in [2.75, 3.05) is 0 Å². The molecule has 2 amide bonds. The largest absolute Gasteiger partial charge is 0.345 e. The van der Waals surface area contributed by atoms with Crippen LogP contribution in [0.25, 0.3) is 0 Å². The van der Waals surface area contributed by atoms with E-state index in [9.17, 15) is 9.59 Å². The lowest BCUT2D eigenvalue weighted by atomic mass is 9.95. The number of amides is 2. The van der Waals surface area contributed by atoms with Gasteiger partial charge < -0.3 is 10.6 Å². The summed E-state index contributed by atoms with van der Waals surface area (Å²) >= 11 is 0. The Hall–Kier alpha value is -1.84. The highest BCUT2D eigenvalue weighted by atomic mass is 16.2. The highest BCUT2D eigenvalue weighted by molar-refractivity contribution is 6.35. The van der Waals surface area contributed by atoms with Crippen LogP contribution in [-0.2, 0) is 16.0 Å². The van der Waals surface area contributed by atoms with Crippen LogP contribution in [0.15, 0.2) is 30.3 Å². The van der Waals surface area contributed by atoms with Crippen LogP contribution in [0, 0.1) is 0 Å². The van der Waals surface area contributed by atoms with Crippen molar-refractivity contribution in [2.45, 2.75) is 64.0 Å². The van der Waals surface area contributed by atoms with E-state index in [2.05, 4.69) is 22.8 Å². The fourth-order valence-corrected chi connectivity index (χ4v) is 2.89. The summed E-state index contributed by atoms with van der Waals surface area (Å²) in [6, 6.07) is 10.3. The molecule has 0 radical (unpaired) electrons. The van der Waals surface area contributed by atoms with Crippen molar-refractivity contribution in [1.82, 2.24) is 10.6 Å². The monoisotopic (exact) mass is 302 g/mol. The molecule has 2 rings (SSSR count). The Balaban J connectivity index is 1.69. The van der Waals surface area contributed by atoms with Gasteiger partial charge >= 0.3 is 11.8 Å². The third kappa shape index (κ3) is 5.51. The number of hydrogen-bond acceptors (Lipinski definition) is 2. The van der Waals surface area contributed by atoms with Gasteiger partial charge in [-0.25, -0.2) is 0 Å². The maximum absolute atomic E-state index is 11.9. The molecule has 4 heteroatoms. The maximum atomic E-state index is 11.9. The molecular formula is C18H26N2O2. The summed E-state index contributed by atoms with van der Waals surface area (Å²) in [7, 11) is 0. The Morgan fingerprint density at radius 2 is 1.77 bits per heavy atom. The van der Waals surface area contributed by atoms with E-state index >= 15 is 0 Å². The van der Waals surface area contributed by atoms with E-state index in [1.807, 2.05) is 25.1 Å². The molecule has 0 spiro atoms. The number of carbonyl (C=O) groups excluding carboxylic acids is 2. The van der Waals surface area contributed by atoms with E-state index in [-0.39, 0.29) is 12.1 Å². The van der Waals surface area contributed by atoms with Gasteiger partial charge in [0.15, 0.2) is 0 Å². The number of aryl methyl sites for hydroxylation is 1. The lowest BCUT2D eigenvalue weighted by molar-refractivity contribution is -0.140. The average Bonchev–Trinajstić information content (AvgIpc) is 2.55. The first-order chi connectivity index (χ1) is 10.6. The third-order valence-electron chi connectivity index (χ3n) is 4.23. The van der Waals surface area contributed by atoms with E-state index in [0.29, 0.717) is 0 Å². The quantitative estimate of drug-likeness (QED) is 0.821. The van der Waals surface area contributed by atoms with Gasteiger partial charge in [0.05, 0.1) is 0 Å². The molecule has 1 fully saturated rings. The van der Waals surface area contributed by atoms with Crippen LogP contribution in [0.2, 0.25) is 0 Å². The van der Waals surface area contributed by atoms with Gasteiger partial charge in [-0.15, -0.1) is 0 Å². The van der Waals surface area contributed by atoms with Crippen LogP contribution in [0.1, 0.15) is 51.0 Å². The summed E-state index contributed by atoms with van der Waals surface area (Å²) in [5, 5.41) is 5.64. The van der Waals surface area contributed by atoms with Gasteiger partial charge in [-0.05, 0) is 38.2 Å². The van der Waals surface area contributed by atoms with Gasteiger partial charge in [0.2, 0.25) is 0 Å². The topological polar surface area (TPSA) is 58.2 Å². The zero-order chi connectivity index (χ0) is 15.8. The van der Waals surface area contributed by atoms with Crippen LogP contribution in [0.4, 0.5) is 0 Å². The smallest absolute Gasteiger partial charge is 0.309 e. The molecule has 120 valence electrons. The minimum atomic E-state index is -0.508. The van der Waals surface area contributed by atoms with Crippen LogP contribution in [-0.4, -0.2) is 23.9 Å². The predicted octanol–water partition coefficient (Wildman–Crippen LogP) is 2.57. The Kier molecular flexibility index (Phi) is 6.44. The predicted molar refractivity (Wildman–Crippen MR) is 87.4 cm³/mol. The number of rotatable bonds is 5. The SMILES string of the molecule is C[C@@H](CCc1ccccc1)NC(=O)C(=O)NC1CCCCC1. The molecule has 0 bridgehead atoms. The lowest BCUT2D eigenvalue weighted by Gasteiger charge is -2.22. The summed E-state index contributed by atoms with van der Waals surface area (Å²) < 4.78 is 0. The number of benzene rings is 1. The Bertz CT molecular complexity index is 481. The molecule has 2 N–H and O–H groups in total. The molecule has 1 aliphatic rings. The highest BCUT2D eigenvalue weighted by Gasteiger charge is 2.21. The van der Waals surface area contributed by atoms with Crippen molar-refractivity contribution in [3.63, 3.8) is 0 Å². The highest BCUT2D eigenvalue weighted by Crippen LogP contribution is 2.17. The second-order valence-electron chi connectivity index (χ2n) is 6.21. The summed E-state index contributed by atoms with van der Waals surface area (Å²) in [5.74, 6) is -0.996. The first-order valence-electron chi connectivity index (χ1n) is 8.30. The van der Waals surface area contributed by atoms with E-state index in [4.69, 9.17) is 0 Å². The van der Waals surface area contributed by atoms with Gasteiger partial charge in [0.25, 0.3) is 0 Å². The number of hydrogen-bond donors (Lipinski definition) is 2. The van der Waals surface area contributed by atoms with Gasteiger partial charge in [0, 0.05) is 12.1 Å². The molecule has 0 heterocycles. The van der Waals surface area contributed by atoms with Crippen LogP contribution in [0.5, 0.6) is 0 Å². The fourth-order valence-electron chi connectivity index (χ4n) is 2.89. The molecule has 22 heavy (non-hydrogen) atoms. The molecule has 0 saturated heterocycles. The molecule has 0 unspecified atom stereocenters. The number of nitrogens with one attached hydrogen (secondary N) is 2. The van der Waals surface area contributed by atoms with E-state index < -0.39 is 11.8 Å². The Labute approximate surface area is 132 Å². The molecule has 1 aliphatic carbocycles. The Morgan fingerprint density at radius 3 is 2.45 bits per heavy atom. The summed E-state index contributed by atoms with van der Waals surface area (Å²) in [6.45, 7) is 1.94. The lowest BCUT2D eigenvalue weighted by Crippen LogP contribution is -2.47. The first kappa shape index (κ1) is 16.5. The minimum Gasteiger partial charge on any atom is -0.345 e. The van der Waals surface area contributed by atoms with Gasteiger partial charge in [-0.1, -0.05) is 49.6 Å². The van der Waals surface area contributed by atoms with Crippen LogP contribution in [0.3, 0.4) is 0 Å². The Morgan fingerprint density at radius 1 is 1.09 bits per heavy atom. The average molecular weight is 302 g/mol. The van der Waals surface area contributed by atoms with Crippen molar-refractivity contribution in [1.29, 1.82) is 0 Å². The molecule has 4 nitrogen and oxygen atoms in total. The van der Waals surface area contributed by atoms with Crippen molar-refractivity contribution >= 4 is 11.8 Å². The second kappa shape index (κ2) is 8.57. The standard InChI is InChI=1S/C18H26N2O2/c1-14(12-13-15-8-4-2-5-9-15)19-17(21)18(22)20-16-10-6-3-7-11-16/h2,4-5,8-9,14,16H,3,6-7,10-13H2,1H3,(H,19,21)(H,20,22)/t14-/m0/s1. The minimum absolute atomic E-state index is 0.00943. The van der Waals surface area contributed by atoms with Crippen molar-refractivity contribution in [2.24, 2.45) is 0 Å². The zero-order valence-corrected chi connectivity index (χ0v) is 13.3. The summed E-state index contributed by atoms with van der Waals surface area (Å²) in [5.41, 5.74) is 1.25. The third-order valence-corrected chi connectivity index (χ3v) is 4.23. The summed E-state index contributed by atoms with van der Waals surface area (Å²) in [4.78, 5) is 23.8. The second-order valence-corrected chi connectivity index (χ2v) is 6.21. The fraction of sp³-hybridized carbons (Fsp3) is 0.556. The van der Waals surface area contributed by atoms with E-state index in [1.165, 1.54) is 12.0 Å². The van der Waals surface area contributed by atoms with Crippen LogP contribution < -0.4 is 10.6 Å². The van der Waals surface area contributed by atoms with Crippen molar-refractivity contribution < 1.29 is 9.59 Å². The molecule has 0 aromatic heterocycles. The molecule has 1 aromatic rings. The molecule has 1 saturated carbocycles. The molecular weight excluding hydrogens is 276 g/mol. The molecule has 1 atom stereocenters. The maximum Gasteiger partial charge on any atom is 0.309 e. The van der Waals surface area contributed by atoms with Crippen molar-refractivity contribution in [3.05, 3.63) is 35.9 Å². The molecule has 1 aromatic carbocycles. The van der Waals surface area contributed by atoms with E-state index in [0.717, 1.165) is 38.5 Å². The molecule has 0 aliphatic heterocycles. The van der Waals surface area contributed by atoms with E-state index in [1.54, 1.807) is 0 Å². The van der Waals surface area contributed by atoms with Gasteiger partial charge in [-0.3, -0.25) is 9.59 Å².